The van der Waals surface area contributed by atoms with Gasteiger partial charge in [0, 0.05) is 13.1 Å². The molecule has 6 heteroatoms. The van der Waals surface area contributed by atoms with Crippen LogP contribution in [0, 0.1) is 0 Å². The smallest absolute Gasteiger partial charge is 0.239 e. The summed E-state index contributed by atoms with van der Waals surface area (Å²) in [5.41, 5.74) is 0.856. The highest BCUT2D eigenvalue weighted by Gasteiger charge is 2.18. The number of nitrogens with one attached hydrogen (secondary N) is 1. The fourth-order valence-electron chi connectivity index (χ4n) is 3.04. The van der Waals surface area contributed by atoms with Gasteiger partial charge in [-0.15, -0.1) is 0 Å². The molecule has 0 unspecified atom stereocenters. The maximum absolute atomic E-state index is 12.2. The number of para-hydroxylation sites is 1. The Morgan fingerprint density at radius 2 is 2.17 bits per heavy atom. The Hall–Kier alpha value is -1.82. The summed E-state index contributed by atoms with van der Waals surface area (Å²) in [7, 11) is 3.56. The molecule has 1 aromatic carbocycles. The van der Waals surface area contributed by atoms with Crippen molar-refractivity contribution in [2.45, 2.75) is 38.1 Å². The summed E-state index contributed by atoms with van der Waals surface area (Å²) < 4.78 is 6.42. The lowest BCUT2D eigenvalue weighted by Crippen LogP contribution is -2.41. The maximum Gasteiger partial charge on any atom is 0.239 e. The molecule has 0 saturated heterocycles. The van der Waals surface area contributed by atoms with E-state index in [1.54, 1.807) is 18.4 Å². The highest BCUT2D eigenvalue weighted by molar-refractivity contribution is 7.22. The molecule has 23 heavy (non-hydrogen) atoms. The predicted molar refractivity (Wildman–Crippen MR) is 94.5 cm³/mol. The van der Waals surface area contributed by atoms with Gasteiger partial charge in [0.2, 0.25) is 5.91 Å². The first-order chi connectivity index (χ1) is 11.2. The zero-order chi connectivity index (χ0) is 16.2. The molecule has 1 fully saturated rings. The molecule has 124 valence electrons. The number of methoxy groups -OCH3 is 1. The molecular formula is C17H23N3O2S. The highest BCUT2D eigenvalue weighted by Crippen LogP contribution is 2.33. The average Bonchev–Trinajstić information content (AvgIpc) is 3.00. The monoisotopic (exact) mass is 333 g/mol. The van der Waals surface area contributed by atoms with Crippen molar-refractivity contribution < 1.29 is 9.53 Å². The Bertz CT molecular complexity index is 680. The number of carbonyl (C=O) groups excluding carboxylic acids is 1. The van der Waals surface area contributed by atoms with E-state index < -0.39 is 0 Å². The minimum atomic E-state index is 0.0746. The van der Waals surface area contributed by atoms with Gasteiger partial charge < -0.3 is 15.0 Å². The zero-order valence-corrected chi connectivity index (χ0v) is 14.5. The third kappa shape index (κ3) is 3.75. The number of likely N-dealkylation sites (N-methyl/N-ethyl adjacent to an activating group) is 1. The van der Waals surface area contributed by atoms with E-state index in [0.717, 1.165) is 33.9 Å². The Morgan fingerprint density at radius 3 is 2.91 bits per heavy atom. The van der Waals surface area contributed by atoms with Gasteiger partial charge in [-0.1, -0.05) is 36.7 Å². The summed E-state index contributed by atoms with van der Waals surface area (Å²) in [6.45, 7) is 0.332. The van der Waals surface area contributed by atoms with E-state index in [-0.39, 0.29) is 5.91 Å². The van der Waals surface area contributed by atoms with Crippen molar-refractivity contribution >= 4 is 32.6 Å². The molecule has 0 radical (unpaired) electrons. The number of carbonyl (C=O) groups is 1. The number of rotatable bonds is 5. The third-order valence-electron chi connectivity index (χ3n) is 4.27. The summed E-state index contributed by atoms with van der Waals surface area (Å²) in [4.78, 5) is 18.8. The van der Waals surface area contributed by atoms with Gasteiger partial charge in [0.15, 0.2) is 5.13 Å². The van der Waals surface area contributed by atoms with E-state index in [0.29, 0.717) is 12.6 Å². The van der Waals surface area contributed by atoms with Crippen LogP contribution in [-0.4, -0.2) is 37.6 Å². The van der Waals surface area contributed by atoms with Crippen molar-refractivity contribution in [1.29, 1.82) is 0 Å². The lowest BCUT2D eigenvalue weighted by Gasteiger charge is -2.24. The molecular weight excluding hydrogens is 310 g/mol. The number of amides is 1. The van der Waals surface area contributed by atoms with E-state index in [2.05, 4.69) is 10.3 Å². The number of hydrogen-bond acceptors (Lipinski definition) is 5. The van der Waals surface area contributed by atoms with Crippen LogP contribution in [0.2, 0.25) is 0 Å². The molecule has 1 aliphatic carbocycles. The van der Waals surface area contributed by atoms with E-state index in [1.807, 2.05) is 30.1 Å². The number of anilines is 1. The molecule has 1 aromatic heterocycles. The number of benzene rings is 1. The van der Waals surface area contributed by atoms with Gasteiger partial charge in [-0.25, -0.2) is 4.98 Å². The number of hydrogen-bond donors (Lipinski definition) is 1. The van der Waals surface area contributed by atoms with Crippen LogP contribution in [0.3, 0.4) is 0 Å². The third-order valence-corrected chi connectivity index (χ3v) is 5.40. The molecule has 1 heterocycles. The van der Waals surface area contributed by atoms with Crippen LogP contribution in [0.5, 0.6) is 5.75 Å². The number of fused-ring (bicyclic) bond motifs is 1. The van der Waals surface area contributed by atoms with Gasteiger partial charge in [0.1, 0.15) is 11.3 Å². The standard InChI is InChI=1S/C17H23N3O2S/c1-20(11-15(21)18-12-7-4-3-5-8-12)17-19-16-13(22-2)9-6-10-14(16)23-17/h6,9-10,12H,3-5,7-8,11H2,1-2H3,(H,18,21). The van der Waals surface area contributed by atoms with E-state index >= 15 is 0 Å². The molecule has 3 rings (SSSR count). The van der Waals surface area contributed by atoms with Crippen LogP contribution < -0.4 is 15.0 Å². The average molecular weight is 333 g/mol. The van der Waals surface area contributed by atoms with E-state index in [4.69, 9.17) is 4.74 Å². The molecule has 1 amide bonds. The summed E-state index contributed by atoms with van der Waals surface area (Å²) in [5.74, 6) is 0.843. The van der Waals surface area contributed by atoms with Gasteiger partial charge in [0.25, 0.3) is 0 Å². The molecule has 5 nitrogen and oxygen atoms in total. The van der Waals surface area contributed by atoms with Crippen molar-refractivity contribution in [3.63, 3.8) is 0 Å². The lowest BCUT2D eigenvalue weighted by molar-refractivity contribution is -0.120. The van der Waals surface area contributed by atoms with Gasteiger partial charge >= 0.3 is 0 Å². The molecule has 2 aromatic rings. The molecule has 0 spiro atoms. The summed E-state index contributed by atoms with van der Waals surface area (Å²) in [6, 6.07) is 6.23. The maximum atomic E-state index is 12.2. The molecule has 1 saturated carbocycles. The van der Waals surface area contributed by atoms with Crippen LogP contribution >= 0.6 is 11.3 Å². The van der Waals surface area contributed by atoms with Gasteiger partial charge in [0.05, 0.1) is 18.4 Å². The topological polar surface area (TPSA) is 54.5 Å². The summed E-state index contributed by atoms with van der Waals surface area (Å²) >= 11 is 1.58. The zero-order valence-electron chi connectivity index (χ0n) is 13.7. The molecule has 0 bridgehead atoms. The molecule has 1 aliphatic rings. The Morgan fingerprint density at radius 1 is 1.39 bits per heavy atom. The number of aromatic nitrogens is 1. The van der Waals surface area contributed by atoms with Gasteiger partial charge in [-0.3, -0.25) is 4.79 Å². The fourth-order valence-corrected chi connectivity index (χ4v) is 3.99. The first kappa shape index (κ1) is 16.1. The van der Waals surface area contributed by atoms with Crippen molar-refractivity contribution in [3.05, 3.63) is 18.2 Å². The Balaban J connectivity index is 1.65. The van der Waals surface area contributed by atoms with Gasteiger partial charge in [-0.05, 0) is 25.0 Å². The van der Waals surface area contributed by atoms with Crippen LogP contribution in [-0.2, 0) is 4.79 Å². The fraction of sp³-hybridized carbons (Fsp3) is 0.529. The van der Waals surface area contributed by atoms with E-state index in [1.165, 1.54) is 19.3 Å². The first-order valence-electron chi connectivity index (χ1n) is 8.11. The Labute approximate surface area is 140 Å². The van der Waals surface area contributed by atoms with Crippen molar-refractivity contribution in [3.8, 4) is 5.75 Å². The second kappa shape index (κ2) is 7.17. The second-order valence-corrected chi connectivity index (χ2v) is 7.07. The number of nitrogens with zero attached hydrogens (tertiary/aromatic N) is 2. The largest absolute Gasteiger partial charge is 0.494 e. The van der Waals surface area contributed by atoms with Crippen molar-refractivity contribution in [1.82, 2.24) is 10.3 Å². The van der Waals surface area contributed by atoms with Crippen LogP contribution in [0.25, 0.3) is 10.2 Å². The molecule has 1 N–H and O–H groups in total. The van der Waals surface area contributed by atoms with E-state index in [9.17, 15) is 4.79 Å². The van der Waals surface area contributed by atoms with Crippen LogP contribution in [0.15, 0.2) is 18.2 Å². The van der Waals surface area contributed by atoms with Crippen molar-refractivity contribution in [2.75, 3.05) is 25.6 Å². The number of thiazole rings is 1. The molecule has 0 atom stereocenters. The second-order valence-electron chi connectivity index (χ2n) is 6.06. The SMILES string of the molecule is COc1cccc2sc(N(C)CC(=O)NC3CCCCC3)nc12. The normalized spacial score (nSPS) is 15.6. The van der Waals surface area contributed by atoms with Crippen LogP contribution in [0.1, 0.15) is 32.1 Å². The lowest BCUT2D eigenvalue weighted by atomic mass is 9.95. The minimum Gasteiger partial charge on any atom is -0.494 e. The predicted octanol–water partition coefficient (Wildman–Crippen LogP) is 3.19. The summed E-state index contributed by atoms with van der Waals surface area (Å²) in [5, 5.41) is 3.98. The highest BCUT2D eigenvalue weighted by atomic mass is 32.1. The van der Waals surface area contributed by atoms with Crippen LogP contribution in [0.4, 0.5) is 5.13 Å². The quantitative estimate of drug-likeness (QED) is 0.913. The minimum absolute atomic E-state index is 0.0746. The first-order valence-corrected chi connectivity index (χ1v) is 8.93. The Kier molecular flexibility index (Phi) is 5.00. The van der Waals surface area contributed by atoms with Gasteiger partial charge in [-0.2, -0.15) is 0 Å². The summed E-state index contributed by atoms with van der Waals surface area (Å²) in [6.07, 6.45) is 5.94. The van der Waals surface area contributed by atoms with Crippen molar-refractivity contribution in [2.24, 2.45) is 0 Å². The molecule has 0 aliphatic heterocycles. The number of ether oxygens (including phenoxy) is 1.